The minimum Gasteiger partial charge on any atom is -0.481 e. The molecule has 2 rings (SSSR count). The van der Waals surface area contributed by atoms with Crippen LogP contribution < -0.4 is 19.5 Å². The number of esters is 1. The third kappa shape index (κ3) is 4.21. The minimum absolute atomic E-state index is 0.0443. The lowest BCUT2D eigenvalue weighted by atomic mass is 10.1. The van der Waals surface area contributed by atoms with E-state index in [2.05, 4.69) is 20.4 Å². The second-order valence-electron chi connectivity index (χ2n) is 5.51. The fourth-order valence-electron chi connectivity index (χ4n) is 2.26. The van der Waals surface area contributed by atoms with Crippen molar-refractivity contribution in [3.8, 4) is 11.8 Å². The highest BCUT2D eigenvalue weighted by atomic mass is 32.2. The summed E-state index contributed by atoms with van der Waals surface area (Å²) in [6.45, 7) is 1.16. The average Bonchev–Trinajstić information content (AvgIpc) is 3.04. The number of nitrogens with zero attached hydrogens (tertiary/aromatic N) is 4. The third-order valence-electron chi connectivity index (χ3n) is 3.58. The SMILES string of the molecule is CCOC(=O)C1(S(=O)(=O)NC(=O)Nc2nc(OC)cc(OC)n2)C=NN(C)C1. The van der Waals surface area contributed by atoms with E-state index >= 15 is 0 Å². The van der Waals surface area contributed by atoms with Gasteiger partial charge in [0.25, 0.3) is 10.0 Å². The van der Waals surface area contributed by atoms with Gasteiger partial charge in [0.2, 0.25) is 22.5 Å². The lowest BCUT2D eigenvalue weighted by Crippen LogP contribution is -2.58. The van der Waals surface area contributed by atoms with Gasteiger partial charge in [-0.2, -0.15) is 15.1 Å². The van der Waals surface area contributed by atoms with E-state index in [0.29, 0.717) is 0 Å². The lowest BCUT2D eigenvalue weighted by molar-refractivity contribution is -0.144. The fraction of sp³-hybridized carbons (Fsp3) is 0.500. The highest BCUT2D eigenvalue weighted by Crippen LogP contribution is 2.23. The molecule has 0 fully saturated rings. The molecular formula is C14H20N6O7S. The molecule has 0 aliphatic carbocycles. The van der Waals surface area contributed by atoms with Crippen molar-refractivity contribution < 1.29 is 32.2 Å². The summed E-state index contributed by atoms with van der Waals surface area (Å²) in [6, 6.07) is 0.169. The number of hydrogen-bond acceptors (Lipinski definition) is 11. The number of hydrazone groups is 1. The van der Waals surface area contributed by atoms with E-state index in [1.807, 2.05) is 0 Å². The van der Waals surface area contributed by atoms with Gasteiger partial charge in [0.1, 0.15) is 0 Å². The molecule has 2 heterocycles. The van der Waals surface area contributed by atoms with Crippen molar-refractivity contribution in [1.82, 2.24) is 19.7 Å². The zero-order chi connectivity index (χ0) is 20.9. The third-order valence-corrected chi connectivity index (χ3v) is 5.39. The molecule has 1 unspecified atom stereocenters. The first-order valence-electron chi connectivity index (χ1n) is 7.91. The molecule has 0 saturated heterocycles. The van der Waals surface area contributed by atoms with Gasteiger partial charge in [-0.1, -0.05) is 0 Å². The molecule has 0 aromatic carbocycles. The maximum atomic E-state index is 12.8. The van der Waals surface area contributed by atoms with Crippen molar-refractivity contribution >= 4 is 34.2 Å². The van der Waals surface area contributed by atoms with Gasteiger partial charge in [0.15, 0.2) is 0 Å². The van der Waals surface area contributed by atoms with Crippen LogP contribution in [-0.4, -0.2) is 80.8 Å². The zero-order valence-corrected chi connectivity index (χ0v) is 16.4. The maximum Gasteiger partial charge on any atom is 0.337 e. The Morgan fingerprint density at radius 3 is 2.32 bits per heavy atom. The van der Waals surface area contributed by atoms with Crippen LogP contribution in [0.1, 0.15) is 6.92 Å². The summed E-state index contributed by atoms with van der Waals surface area (Å²) in [5.41, 5.74) is 0. The van der Waals surface area contributed by atoms with Crippen LogP contribution in [0.2, 0.25) is 0 Å². The largest absolute Gasteiger partial charge is 0.481 e. The van der Waals surface area contributed by atoms with E-state index in [1.54, 1.807) is 4.72 Å². The van der Waals surface area contributed by atoms with E-state index < -0.39 is 26.8 Å². The summed E-state index contributed by atoms with van der Waals surface area (Å²) < 4.78 is 39.9. The topological polar surface area (TPSA) is 161 Å². The number of hydrogen-bond donors (Lipinski definition) is 2. The van der Waals surface area contributed by atoms with Crippen molar-refractivity contribution in [1.29, 1.82) is 0 Å². The van der Waals surface area contributed by atoms with Crippen molar-refractivity contribution in [3.05, 3.63) is 6.07 Å². The van der Waals surface area contributed by atoms with E-state index in [1.165, 1.54) is 39.3 Å². The van der Waals surface area contributed by atoms with Gasteiger partial charge in [-0.05, 0) is 6.92 Å². The molecule has 14 heteroatoms. The summed E-state index contributed by atoms with van der Waals surface area (Å²) in [5, 5.41) is 7.18. The van der Waals surface area contributed by atoms with Crippen LogP contribution in [0.25, 0.3) is 0 Å². The van der Waals surface area contributed by atoms with Crippen LogP contribution >= 0.6 is 0 Å². The molecule has 28 heavy (non-hydrogen) atoms. The Morgan fingerprint density at radius 2 is 1.86 bits per heavy atom. The van der Waals surface area contributed by atoms with Gasteiger partial charge in [-0.3, -0.25) is 10.3 Å². The number of nitrogens with one attached hydrogen (secondary N) is 2. The highest BCUT2D eigenvalue weighted by molar-refractivity contribution is 7.93. The van der Waals surface area contributed by atoms with Gasteiger partial charge in [0, 0.05) is 7.05 Å². The van der Waals surface area contributed by atoms with Crippen LogP contribution in [0.3, 0.4) is 0 Å². The van der Waals surface area contributed by atoms with E-state index in [9.17, 15) is 18.0 Å². The van der Waals surface area contributed by atoms with Crippen LogP contribution in [0.4, 0.5) is 10.7 Å². The summed E-state index contributed by atoms with van der Waals surface area (Å²) in [6.07, 6.45) is 0.922. The molecule has 0 bridgehead atoms. The Bertz CT molecular complexity index is 868. The summed E-state index contributed by atoms with van der Waals surface area (Å²) in [7, 11) is -0.412. The number of sulfonamides is 1. The molecule has 0 radical (unpaired) electrons. The number of urea groups is 1. The second kappa shape index (κ2) is 8.24. The van der Waals surface area contributed by atoms with Crippen molar-refractivity contribution in [2.75, 3.05) is 39.7 Å². The van der Waals surface area contributed by atoms with Crippen LogP contribution in [0.15, 0.2) is 11.2 Å². The summed E-state index contributed by atoms with van der Waals surface area (Å²) in [4.78, 5) is 32.2. The first-order valence-corrected chi connectivity index (χ1v) is 9.39. The van der Waals surface area contributed by atoms with E-state index in [4.69, 9.17) is 14.2 Å². The monoisotopic (exact) mass is 416 g/mol. The molecule has 1 aromatic rings. The van der Waals surface area contributed by atoms with Crippen LogP contribution in [-0.2, 0) is 19.6 Å². The number of carbonyl (C=O) groups is 2. The van der Waals surface area contributed by atoms with E-state index in [0.717, 1.165) is 6.21 Å². The molecule has 154 valence electrons. The predicted octanol–water partition coefficient (Wildman–Crippen LogP) is -0.822. The quantitative estimate of drug-likeness (QED) is 0.537. The normalized spacial score (nSPS) is 18.5. The molecule has 1 atom stereocenters. The first-order chi connectivity index (χ1) is 13.2. The number of ether oxygens (including phenoxy) is 3. The van der Waals surface area contributed by atoms with Gasteiger partial charge in [-0.15, -0.1) is 0 Å². The second-order valence-corrected chi connectivity index (χ2v) is 7.45. The van der Waals surface area contributed by atoms with Crippen molar-refractivity contribution in [2.45, 2.75) is 11.7 Å². The lowest BCUT2D eigenvalue weighted by Gasteiger charge is -2.24. The van der Waals surface area contributed by atoms with Crippen molar-refractivity contribution in [2.24, 2.45) is 5.10 Å². The molecule has 1 aromatic heterocycles. The Kier molecular flexibility index (Phi) is 6.23. The molecule has 2 amide bonds. The zero-order valence-electron chi connectivity index (χ0n) is 15.6. The van der Waals surface area contributed by atoms with Crippen molar-refractivity contribution in [3.63, 3.8) is 0 Å². The van der Waals surface area contributed by atoms with Crippen LogP contribution in [0, 0.1) is 0 Å². The van der Waals surface area contributed by atoms with Gasteiger partial charge >= 0.3 is 12.0 Å². The summed E-state index contributed by atoms with van der Waals surface area (Å²) >= 11 is 0. The Morgan fingerprint density at radius 1 is 1.25 bits per heavy atom. The number of aromatic nitrogens is 2. The number of methoxy groups -OCH3 is 2. The molecule has 0 saturated carbocycles. The molecular weight excluding hydrogens is 396 g/mol. The van der Waals surface area contributed by atoms with Crippen LogP contribution in [0.5, 0.6) is 11.8 Å². The molecule has 0 spiro atoms. The fourth-order valence-corrected chi connectivity index (χ4v) is 3.56. The average molecular weight is 416 g/mol. The number of anilines is 1. The van der Waals surface area contributed by atoms with E-state index in [-0.39, 0.29) is 30.9 Å². The minimum atomic E-state index is -4.57. The first kappa shape index (κ1) is 21.1. The van der Waals surface area contributed by atoms with Gasteiger partial charge in [-0.25, -0.2) is 22.7 Å². The highest BCUT2D eigenvalue weighted by Gasteiger charge is 2.55. The maximum absolute atomic E-state index is 12.8. The summed E-state index contributed by atoms with van der Waals surface area (Å²) in [5.74, 6) is -1.16. The number of amides is 2. The molecule has 13 nitrogen and oxygen atoms in total. The Labute approximate surface area is 161 Å². The molecule has 1 aliphatic rings. The molecule has 1 aliphatic heterocycles. The molecule has 2 N–H and O–H groups in total. The smallest absolute Gasteiger partial charge is 0.337 e. The van der Waals surface area contributed by atoms with Gasteiger partial charge in [0.05, 0.1) is 39.7 Å². The Balaban J connectivity index is 2.24. The number of rotatable bonds is 7. The predicted molar refractivity (Wildman–Crippen MR) is 96.7 cm³/mol. The Hall–Kier alpha value is -3.16. The van der Waals surface area contributed by atoms with Gasteiger partial charge < -0.3 is 14.2 Å². The standard InChI is InChI=1S/C14H20N6O7S/c1-5-27-11(21)14(7-15-20(2)8-14)28(23,24)19-13(22)18-12-16-9(25-3)6-10(17-12)26-4/h6-7H,5,8H2,1-4H3,(H2,16,17,18,19,22). The number of carbonyl (C=O) groups excluding carboxylic acids is 2.